The summed E-state index contributed by atoms with van der Waals surface area (Å²) in [4.78, 5) is 12.4. The molecule has 1 heterocycles. The van der Waals surface area contributed by atoms with E-state index in [-0.39, 0.29) is 27.6 Å². The summed E-state index contributed by atoms with van der Waals surface area (Å²) in [6, 6.07) is 6.23. The van der Waals surface area contributed by atoms with Gasteiger partial charge in [-0.05, 0) is 37.5 Å². The van der Waals surface area contributed by atoms with Gasteiger partial charge in [-0.15, -0.1) is 0 Å². The maximum absolute atomic E-state index is 12.6. The van der Waals surface area contributed by atoms with Crippen molar-refractivity contribution in [2.24, 2.45) is 5.92 Å². The van der Waals surface area contributed by atoms with E-state index < -0.39 is 25.6 Å². The van der Waals surface area contributed by atoms with Gasteiger partial charge in [0.05, 0.1) is 27.6 Å². The van der Waals surface area contributed by atoms with E-state index in [2.05, 4.69) is 5.32 Å². The van der Waals surface area contributed by atoms with E-state index in [4.69, 9.17) is 0 Å². The Kier molecular flexibility index (Phi) is 4.70. The SMILES string of the molecule is O=C(Nc1cccc(S(=O)(=O)C2CCCC2)c1)C1CCS(=O)(=O)C1. The molecule has 8 heteroatoms. The second kappa shape index (κ2) is 6.48. The molecule has 6 nitrogen and oxygen atoms in total. The van der Waals surface area contributed by atoms with Crippen LogP contribution in [0, 0.1) is 5.92 Å². The van der Waals surface area contributed by atoms with Crippen LogP contribution in [0.5, 0.6) is 0 Å². The first-order valence-corrected chi connectivity index (χ1v) is 11.5. The maximum atomic E-state index is 12.6. The Morgan fingerprint density at radius 1 is 1.12 bits per heavy atom. The van der Waals surface area contributed by atoms with Crippen LogP contribution >= 0.6 is 0 Å². The number of rotatable bonds is 4. The predicted molar refractivity (Wildman–Crippen MR) is 91.3 cm³/mol. The Hall–Kier alpha value is -1.41. The molecule has 1 atom stereocenters. The maximum Gasteiger partial charge on any atom is 0.228 e. The van der Waals surface area contributed by atoms with Crippen LogP contribution in [0.2, 0.25) is 0 Å². The monoisotopic (exact) mass is 371 g/mol. The minimum absolute atomic E-state index is 0.0290. The fourth-order valence-electron chi connectivity index (χ4n) is 3.39. The lowest BCUT2D eigenvalue weighted by Gasteiger charge is -2.13. The molecular weight excluding hydrogens is 350 g/mol. The van der Waals surface area contributed by atoms with E-state index in [1.807, 2.05) is 0 Å². The van der Waals surface area contributed by atoms with Gasteiger partial charge in [-0.1, -0.05) is 18.9 Å². The fraction of sp³-hybridized carbons (Fsp3) is 0.562. The van der Waals surface area contributed by atoms with Crippen molar-refractivity contribution in [3.05, 3.63) is 24.3 Å². The fourth-order valence-corrected chi connectivity index (χ4v) is 7.03. The number of sulfone groups is 2. The molecule has 1 saturated carbocycles. The molecule has 1 unspecified atom stereocenters. The lowest BCUT2D eigenvalue weighted by atomic mass is 10.1. The summed E-state index contributed by atoms with van der Waals surface area (Å²) in [5.41, 5.74) is 0.392. The lowest BCUT2D eigenvalue weighted by Crippen LogP contribution is -2.24. The van der Waals surface area contributed by atoms with Crippen LogP contribution in [-0.4, -0.2) is 39.5 Å². The molecule has 1 saturated heterocycles. The Balaban J connectivity index is 1.75. The van der Waals surface area contributed by atoms with E-state index in [0.29, 0.717) is 24.9 Å². The molecule has 1 N–H and O–H groups in total. The smallest absolute Gasteiger partial charge is 0.228 e. The molecule has 1 aliphatic carbocycles. The molecule has 0 aromatic heterocycles. The zero-order chi connectivity index (χ0) is 17.4. The third-order valence-corrected chi connectivity index (χ3v) is 8.80. The van der Waals surface area contributed by atoms with Gasteiger partial charge in [-0.2, -0.15) is 0 Å². The number of hydrogen-bond donors (Lipinski definition) is 1. The largest absolute Gasteiger partial charge is 0.326 e. The summed E-state index contributed by atoms with van der Waals surface area (Å²) in [5, 5.41) is 2.31. The van der Waals surface area contributed by atoms with Gasteiger partial charge >= 0.3 is 0 Å². The van der Waals surface area contributed by atoms with Gasteiger partial charge in [0, 0.05) is 5.69 Å². The average molecular weight is 371 g/mol. The molecule has 0 spiro atoms. The molecule has 0 radical (unpaired) electrons. The summed E-state index contributed by atoms with van der Waals surface area (Å²) in [7, 11) is -6.51. The molecule has 2 aliphatic rings. The topological polar surface area (TPSA) is 97.4 Å². The Labute approximate surface area is 142 Å². The molecule has 1 aromatic carbocycles. The summed E-state index contributed by atoms with van der Waals surface area (Å²) in [5.74, 6) is -1.04. The first kappa shape index (κ1) is 17.4. The zero-order valence-electron chi connectivity index (χ0n) is 13.3. The number of carbonyl (C=O) groups excluding carboxylic acids is 1. The van der Waals surface area contributed by atoms with Crippen molar-refractivity contribution in [1.82, 2.24) is 0 Å². The molecule has 1 aromatic rings. The predicted octanol–water partition coefficient (Wildman–Crippen LogP) is 1.78. The highest BCUT2D eigenvalue weighted by Crippen LogP contribution is 2.30. The van der Waals surface area contributed by atoms with Crippen LogP contribution in [0.3, 0.4) is 0 Å². The van der Waals surface area contributed by atoms with Gasteiger partial charge in [0.2, 0.25) is 5.91 Å². The molecule has 2 fully saturated rings. The van der Waals surface area contributed by atoms with Gasteiger partial charge in [0.1, 0.15) is 0 Å². The molecular formula is C16H21NO5S2. The number of amides is 1. The van der Waals surface area contributed by atoms with E-state index in [0.717, 1.165) is 12.8 Å². The first-order chi connectivity index (χ1) is 11.3. The highest BCUT2D eigenvalue weighted by Gasteiger charge is 2.33. The molecule has 24 heavy (non-hydrogen) atoms. The minimum Gasteiger partial charge on any atom is -0.326 e. The normalized spacial score (nSPS) is 24.1. The standard InChI is InChI=1S/C16H21NO5S2/c18-16(12-8-9-23(19,20)11-12)17-13-4-3-7-15(10-13)24(21,22)14-5-1-2-6-14/h3-4,7,10,12,14H,1-2,5-6,8-9,11H2,(H,17,18). The summed E-state index contributed by atoms with van der Waals surface area (Å²) >= 11 is 0. The van der Waals surface area contributed by atoms with Crippen molar-refractivity contribution in [2.75, 3.05) is 16.8 Å². The molecule has 132 valence electrons. The van der Waals surface area contributed by atoms with Gasteiger partial charge in [-0.3, -0.25) is 4.79 Å². The van der Waals surface area contributed by atoms with Gasteiger partial charge in [0.15, 0.2) is 19.7 Å². The van der Waals surface area contributed by atoms with E-state index in [1.54, 1.807) is 18.2 Å². The lowest BCUT2D eigenvalue weighted by molar-refractivity contribution is -0.119. The van der Waals surface area contributed by atoms with Crippen molar-refractivity contribution >= 4 is 31.3 Å². The van der Waals surface area contributed by atoms with Crippen molar-refractivity contribution in [1.29, 1.82) is 0 Å². The van der Waals surface area contributed by atoms with Gasteiger partial charge in [-0.25, -0.2) is 16.8 Å². The number of hydrogen-bond acceptors (Lipinski definition) is 5. The number of nitrogens with one attached hydrogen (secondary N) is 1. The number of anilines is 1. The van der Waals surface area contributed by atoms with Crippen LogP contribution in [-0.2, 0) is 24.5 Å². The molecule has 1 aliphatic heterocycles. The first-order valence-electron chi connectivity index (χ1n) is 8.13. The minimum atomic E-state index is -3.38. The summed E-state index contributed by atoms with van der Waals surface area (Å²) < 4.78 is 48.2. The van der Waals surface area contributed by atoms with Crippen LogP contribution in [0.15, 0.2) is 29.2 Å². The van der Waals surface area contributed by atoms with E-state index in [1.165, 1.54) is 6.07 Å². The highest BCUT2D eigenvalue weighted by atomic mass is 32.2. The van der Waals surface area contributed by atoms with Gasteiger partial charge in [0.25, 0.3) is 0 Å². The second-order valence-electron chi connectivity index (χ2n) is 6.57. The van der Waals surface area contributed by atoms with Crippen LogP contribution < -0.4 is 5.32 Å². The van der Waals surface area contributed by atoms with Gasteiger partial charge < -0.3 is 5.32 Å². The Bertz CT molecular complexity index is 839. The van der Waals surface area contributed by atoms with Crippen molar-refractivity contribution < 1.29 is 21.6 Å². The Morgan fingerprint density at radius 3 is 2.46 bits per heavy atom. The molecule has 0 bridgehead atoms. The van der Waals surface area contributed by atoms with Crippen molar-refractivity contribution in [3.8, 4) is 0 Å². The quantitative estimate of drug-likeness (QED) is 0.870. The Morgan fingerprint density at radius 2 is 1.83 bits per heavy atom. The molecule has 3 rings (SSSR count). The van der Waals surface area contributed by atoms with E-state index >= 15 is 0 Å². The van der Waals surface area contributed by atoms with Crippen LogP contribution in [0.1, 0.15) is 32.1 Å². The molecule has 1 amide bonds. The third kappa shape index (κ3) is 3.64. The van der Waals surface area contributed by atoms with Crippen molar-refractivity contribution in [3.63, 3.8) is 0 Å². The third-order valence-electron chi connectivity index (χ3n) is 4.77. The van der Waals surface area contributed by atoms with Crippen LogP contribution in [0.4, 0.5) is 5.69 Å². The van der Waals surface area contributed by atoms with Crippen molar-refractivity contribution in [2.45, 2.75) is 42.2 Å². The second-order valence-corrected chi connectivity index (χ2v) is 11.0. The zero-order valence-corrected chi connectivity index (χ0v) is 14.9. The average Bonchev–Trinajstić information content (AvgIpc) is 3.17. The summed E-state index contributed by atoms with van der Waals surface area (Å²) in [6.07, 6.45) is 3.53. The van der Waals surface area contributed by atoms with Crippen LogP contribution in [0.25, 0.3) is 0 Å². The summed E-state index contributed by atoms with van der Waals surface area (Å²) in [6.45, 7) is 0. The van der Waals surface area contributed by atoms with E-state index in [9.17, 15) is 21.6 Å². The number of carbonyl (C=O) groups is 1. The highest BCUT2D eigenvalue weighted by molar-refractivity contribution is 7.92. The number of benzene rings is 1.